The van der Waals surface area contributed by atoms with Gasteiger partial charge in [-0.25, -0.2) is 8.78 Å². The lowest BCUT2D eigenvalue weighted by Gasteiger charge is -2.22. The minimum atomic E-state index is -0.378. The van der Waals surface area contributed by atoms with E-state index in [0.29, 0.717) is 5.56 Å². The average Bonchev–Trinajstić information content (AvgIpc) is 2.19. The number of hydrogen-bond acceptors (Lipinski definition) is 1. The summed E-state index contributed by atoms with van der Waals surface area (Å²) in [5, 5.41) is 3.34. The standard InChI is InChI=1S/C14H21F2N/c1-10(7-8-17-14(2,3)4)12-9-11(15)5-6-13(12)16/h5-6,9-10,17H,7-8H2,1-4H3. The number of nitrogens with one attached hydrogen (secondary N) is 1. The quantitative estimate of drug-likeness (QED) is 0.844. The molecule has 17 heavy (non-hydrogen) atoms. The van der Waals surface area contributed by atoms with Gasteiger partial charge in [0.2, 0.25) is 0 Å². The van der Waals surface area contributed by atoms with Gasteiger partial charge in [0.15, 0.2) is 0 Å². The zero-order valence-corrected chi connectivity index (χ0v) is 11.0. The van der Waals surface area contributed by atoms with Crippen molar-refractivity contribution in [2.45, 2.75) is 45.6 Å². The van der Waals surface area contributed by atoms with E-state index in [-0.39, 0.29) is 23.1 Å². The van der Waals surface area contributed by atoms with Crippen LogP contribution in [-0.2, 0) is 0 Å². The predicted octanol–water partition coefficient (Wildman–Crippen LogP) is 3.85. The summed E-state index contributed by atoms with van der Waals surface area (Å²) in [4.78, 5) is 0. The second-order valence-corrected chi connectivity index (χ2v) is 5.53. The summed E-state index contributed by atoms with van der Waals surface area (Å²) in [6.07, 6.45) is 0.789. The highest BCUT2D eigenvalue weighted by molar-refractivity contribution is 5.22. The van der Waals surface area contributed by atoms with Crippen LogP contribution in [0.4, 0.5) is 8.78 Å². The fourth-order valence-electron chi connectivity index (χ4n) is 1.71. The summed E-state index contributed by atoms with van der Waals surface area (Å²) >= 11 is 0. The molecule has 0 aliphatic heterocycles. The molecule has 1 nitrogen and oxygen atoms in total. The van der Waals surface area contributed by atoms with Gasteiger partial charge in [-0.15, -0.1) is 0 Å². The van der Waals surface area contributed by atoms with Crippen molar-refractivity contribution in [3.8, 4) is 0 Å². The minimum absolute atomic E-state index is 0.0144. The third-order valence-electron chi connectivity index (χ3n) is 2.72. The maximum atomic E-state index is 13.5. The van der Waals surface area contributed by atoms with Crippen molar-refractivity contribution < 1.29 is 8.78 Å². The first-order valence-corrected chi connectivity index (χ1v) is 5.99. The molecule has 1 rings (SSSR count). The van der Waals surface area contributed by atoms with E-state index in [9.17, 15) is 8.78 Å². The smallest absolute Gasteiger partial charge is 0.126 e. The van der Waals surface area contributed by atoms with Crippen molar-refractivity contribution >= 4 is 0 Å². The van der Waals surface area contributed by atoms with Crippen LogP contribution in [0.15, 0.2) is 18.2 Å². The first-order chi connectivity index (χ1) is 7.79. The first-order valence-electron chi connectivity index (χ1n) is 5.99. The van der Waals surface area contributed by atoms with Crippen LogP contribution >= 0.6 is 0 Å². The minimum Gasteiger partial charge on any atom is -0.312 e. The second kappa shape index (κ2) is 5.58. The molecule has 0 saturated carbocycles. The average molecular weight is 241 g/mol. The molecule has 0 aromatic heterocycles. The molecule has 0 aliphatic rings. The van der Waals surface area contributed by atoms with Gasteiger partial charge in [0.05, 0.1) is 0 Å². The fourth-order valence-corrected chi connectivity index (χ4v) is 1.71. The van der Waals surface area contributed by atoms with Crippen LogP contribution in [0.2, 0.25) is 0 Å². The Morgan fingerprint density at radius 2 is 1.88 bits per heavy atom. The van der Waals surface area contributed by atoms with E-state index >= 15 is 0 Å². The summed E-state index contributed by atoms with van der Waals surface area (Å²) in [6.45, 7) is 8.96. The lowest BCUT2D eigenvalue weighted by Crippen LogP contribution is -2.36. The summed E-state index contributed by atoms with van der Waals surface area (Å²) in [7, 11) is 0. The van der Waals surface area contributed by atoms with Gasteiger partial charge in [-0.05, 0) is 63.4 Å². The summed E-state index contributed by atoms with van der Waals surface area (Å²) < 4.78 is 26.5. The molecule has 0 aliphatic carbocycles. The molecule has 0 radical (unpaired) electrons. The molecule has 3 heteroatoms. The third-order valence-corrected chi connectivity index (χ3v) is 2.72. The van der Waals surface area contributed by atoms with Gasteiger partial charge in [-0.2, -0.15) is 0 Å². The number of rotatable bonds is 4. The van der Waals surface area contributed by atoms with Crippen molar-refractivity contribution in [3.63, 3.8) is 0 Å². The molecule has 0 heterocycles. The highest BCUT2D eigenvalue weighted by Crippen LogP contribution is 2.22. The van der Waals surface area contributed by atoms with E-state index in [1.807, 2.05) is 6.92 Å². The van der Waals surface area contributed by atoms with Crippen LogP contribution < -0.4 is 5.32 Å². The van der Waals surface area contributed by atoms with Crippen molar-refractivity contribution in [3.05, 3.63) is 35.4 Å². The van der Waals surface area contributed by atoms with E-state index in [1.165, 1.54) is 12.1 Å². The topological polar surface area (TPSA) is 12.0 Å². The molecule has 0 fully saturated rings. The molecule has 0 bridgehead atoms. The monoisotopic (exact) mass is 241 g/mol. The highest BCUT2D eigenvalue weighted by Gasteiger charge is 2.14. The molecule has 96 valence electrons. The molecule has 1 unspecified atom stereocenters. The molecule has 1 N–H and O–H groups in total. The Kier molecular flexibility index (Phi) is 4.63. The third kappa shape index (κ3) is 4.82. The fraction of sp³-hybridized carbons (Fsp3) is 0.571. The molecule has 0 saturated heterocycles. The largest absolute Gasteiger partial charge is 0.312 e. The maximum Gasteiger partial charge on any atom is 0.126 e. The molecule has 1 atom stereocenters. The van der Waals surface area contributed by atoms with Crippen molar-refractivity contribution in [1.29, 1.82) is 0 Å². The molecule has 0 spiro atoms. The van der Waals surface area contributed by atoms with Crippen LogP contribution in [0.25, 0.3) is 0 Å². The van der Waals surface area contributed by atoms with Gasteiger partial charge in [0, 0.05) is 5.54 Å². The highest BCUT2D eigenvalue weighted by atomic mass is 19.1. The maximum absolute atomic E-state index is 13.5. The molecule has 1 aromatic carbocycles. The van der Waals surface area contributed by atoms with E-state index in [0.717, 1.165) is 19.0 Å². The zero-order chi connectivity index (χ0) is 13.1. The predicted molar refractivity (Wildman–Crippen MR) is 67.1 cm³/mol. The normalized spacial score (nSPS) is 13.8. The number of benzene rings is 1. The van der Waals surface area contributed by atoms with E-state index in [4.69, 9.17) is 0 Å². The summed E-state index contributed by atoms with van der Waals surface area (Å²) in [5.41, 5.74) is 0.515. The van der Waals surface area contributed by atoms with E-state index in [1.54, 1.807) is 0 Å². The van der Waals surface area contributed by atoms with Crippen LogP contribution in [0.5, 0.6) is 0 Å². The van der Waals surface area contributed by atoms with Gasteiger partial charge in [0.25, 0.3) is 0 Å². The van der Waals surface area contributed by atoms with E-state index in [2.05, 4.69) is 26.1 Å². The van der Waals surface area contributed by atoms with Gasteiger partial charge in [-0.1, -0.05) is 6.92 Å². The van der Waals surface area contributed by atoms with Crippen LogP contribution in [0.3, 0.4) is 0 Å². The van der Waals surface area contributed by atoms with Crippen LogP contribution in [-0.4, -0.2) is 12.1 Å². The van der Waals surface area contributed by atoms with Gasteiger partial charge in [-0.3, -0.25) is 0 Å². The summed E-state index contributed by atoms with van der Waals surface area (Å²) in [5.74, 6) is -0.688. The molecular weight excluding hydrogens is 220 g/mol. The summed E-state index contributed by atoms with van der Waals surface area (Å²) in [6, 6.07) is 3.63. The molecular formula is C14H21F2N. The Bertz CT molecular complexity index is 369. The van der Waals surface area contributed by atoms with Gasteiger partial charge < -0.3 is 5.32 Å². The molecule has 0 amide bonds. The zero-order valence-electron chi connectivity index (χ0n) is 11.0. The Balaban J connectivity index is 2.58. The Hall–Kier alpha value is -0.960. The Labute approximate surface area is 102 Å². The second-order valence-electron chi connectivity index (χ2n) is 5.53. The lowest BCUT2D eigenvalue weighted by molar-refractivity contribution is 0.411. The molecule has 1 aromatic rings. The number of halogens is 2. The Morgan fingerprint density at radius 3 is 2.47 bits per heavy atom. The van der Waals surface area contributed by atoms with Gasteiger partial charge >= 0.3 is 0 Å². The van der Waals surface area contributed by atoms with Crippen molar-refractivity contribution in [1.82, 2.24) is 5.32 Å². The lowest BCUT2D eigenvalue weighted by atomic mass is 9.96. The van der Waals surface area contributed by atoms with Crippen LogP contribution in [0, 0.1) is 11.6 Å². The van der Waals surface area contributed by atoms with E-state index < -0.39 is 0 Å². The van der Waals surface area contributed by atoms with Crippen LogP contribution in [0.1, 0.15) is 45.6 Å². The Morgan fingerprint density at radius 1 is 1.24 bits per heavy atom. The SMILES string of the molecule is CC(CCNC(C)(C)C)c1cc(F)ccc1F. The first kappa shape index (κ1) is 14.1. The number of hydrogen-bond donors (Lipinski definition) is 1. The van der Waals surface area contributed by atoms with Crippen molar-refractivity contribution in [2.24, 2.45) is 0 Å². The van der Waals surface area contributed by atoms with Crippen molar-refractivity contribution in [2.75, 3.05) is 6.54 Å². The van der Waals surface area contributed by atoms with Gasteiger partial charge in [0.1, 0.15) is 11.6 Å².